The van der Waals surface area contributed by atoms with Crippen molar-refractivity contribution in [3.05, 3.63) is 0 Å². The molecule has 1 heterocycles. The maximum Gasteiger partial charge on any atom is 0.267 e. The van der Waals surface area contributed by atoms with E-state index in [-0.39, 0.29) is 7.92 Å². The molecule has 0 aromatic rings. The number of rotatable bonds is 2. The molecule has 0 aromatic heterocycles. The van der Waals surface area contributed by atoms with E-state index in [1.54, 1.807) is 0 Å². The van der Waals surface area contributed by atoms with Gasteiger partial charge in [-0.25, -0.2) is 0 Å². The van der Waals surface area contributed by atoms with Gasteiger partial charge in [-0.3, -0.25) is 4.55 Å². The average molecular weight is 292 g/mol. The molecule has 5 heteroatoms. The van der Waals surface area contributed by atoms with Crippen molar-refractivity contribution < 1.29 is 13.0 Å². The summed E-state index contributed by atoms with van der Waals surface area (Å²) in [4.78, 5) is 0. The van der Waals surface area contributed by atoms with E-state index in [9.17, 15) is 13.0 Å². The van der Waals surface area contributed by atoms with Crippen molar-refractivity contribution in [3.8, 4) is 0 Å². The Bertz CT molecular complexity index is 372. The highest BCUT2D eigenvalue weighted by Gasteiger charge is 2.36. The van der Waals surface area contributed by atoms with Gasteiger partial charge in [-0.05, 0) is 55.5 Å². The second-order valence-electron chi connectivity index (χ2n) is 6.36. The third kappa shape index (κ3) is 3.68. The van der Waals surface area contributed by atoms with Gasteiger partial charge in [-0.1, -0.05) is 20.3 Å². The minimum atomic E-state index is -3.81. The maximum absolute atomic E-state index is 11.3. The molecule has 1 aliphatic carbocycles. The molecule has 1 saturated heterocycles. The highest BCUT2D eigenvalue weighted by Crippen LogP contribution is 2.54. The van der Waals surface area contributed by atoms with Crippen LogP contribution in [0.2, 0.25) is 0 Å². The van der Waals surface area contributed by atoms with Gasteiger partial charge in [0.15, 0.2) is 0 Å². The predicted octanol–water partition coefficient (Wildman–Crippen LogP) is 3.34. The molecule has 18 heavy (non-hydrogen) atoms. The van der Waals surface area contributed by atoms with Gasteiger partial charge in [-0.2, -0.15) is 8.42 Å². The van der Waals surface area contributed by atoms with Gasteiger partial charge in [0.25, 0.3) is 10.1 Å². The van der Waals surface area contributed by atoms with Crippen LogP contribution in [0.15, 0.2) is 0 Å². The first-order valence-corrected chi connectivity index (χ1v) is 10.3. The zero-order chi connectivity index (χ0) is 13.3. The quantitative estimate of drug-likeness (QED) is 0.627. The van der Waals surface area contributed by atoms with E-state index >= 15 is 0 Å². The van der Waals surface area contributed by atoms with Crippen LogP contribution in [0, 0.1) is 11.8 Å². The lowest BCUT2D eigenvalue weighted by atomic mass is 9.99. The molecule has 2 fully saturated rings. The Kier molecular flexibility index (Phi) is 4.72. The predicted molar refractivity (Wildman–Crippen MR) is 77.2 cm³/mol. The van der Waals surface area contributed by atoms with Gasteiger partial charge in [0.1, 0.15) is 0 Å². The zero-order valence-electron chi connectivity index (χ0n) is 11.4. The highest BCUT2D eigenvalue weighted by atomic mass is 32.2. The molecule has 4 atom stereocenters. The molecule has 0 bridgehead atoms. The summed E-state index contributed by atoms with van der Waals surface area (Å²) in [5.74, 6) is 1.59. The van der Waals surface area contributed by atoms with Crippen LogP contribution in [0.5, 0.6) is 0 Å². The fourth-order valence-corrected chi connectivity index (χ4v) is 8.56. The summed E-state index contributed by atoms with van der Waals surface area (Å²) >= 11 is 0. The first kappa shape index (κ1) is 14.7. The molecule has 2 rings (SSSR count). The molecule has 1 saturated carbocycles. The largest absolute Gasteiger partial charge is 0.285 e. The highest BCUT2D eigenvalue weighted by molar-refractivity contribution is 7.86. The van der Waals surface area contributed by atoms with Crippen molar-refractivity contribution in [3.63, 3.8) is 0 Å². The van der Waals surface area contributed by atoms with Gasteiger partial charge < -0.3 is 0 Å². The van der Waals surface area contributed by atoms with E-state index in [2.05, 4.69) is 13.8 Å². The monoisotopic (exact) mass is 292 g/mol. The van der Waals surface area contributed by atoms with Crippen molar-refractivity contribution in [1.82, 2.24) is 0 Å². The van der Waals surface area contributed by atoms with Crippen LogP contribution < -0.4 is 0 Å². The van der Waals surface area contributed by atoms with Crippen molar-refractivity contribution in [2.75, 3.05) is 12.3 Å². The Morgan fingerprint density at radius 1 is 1.06 bits per heavy atom. The average Bonchev–Trinajstić information content (AvgIpc) is 2.27. The third-order valence-electron chi connectivity index (χ3n) is 4.43. The minimum absolute atomic E-state index is 0.0179. The number of hydrogen-bond acceptors (Lipinski definition) is 2. The Balaban J connectivity index is 2.00. The third-order valence-corrected chi connectivity index (χ3v) is 9.39. The molecule has 1 N–H and O–H groups in total. The first-order chi connectivity index (χ1) is 8.36. The van der Waals surface area contributed by atoms with E-state index in [1.807, 2.05) is 0 Å². The van der Waals surface area contributed by atoms with E-state index < -0.39 is 15.4 Å². The van der Waals surface area contributed by atoms with Crippen LogP contribution in [0.1, 0.15) is 46.0 Å². The summed E-state index contributed by atoms with van der Waals surface area (Å²) in [6.07, 6.45) is 7.46. The summed E-state index contributed by atoms with van der Waals surface area (Å²) in [6, 6.07) is 0. The second kappa shape index (κ2) is 5.76. The molecule has 0 radical (unpaired) electrons. The first-order valence-electron chi connectivity index (χ1n) is 7.06. The standard InChI is InChI=1S/C13H25O3PS/c1-10-6-11(2)9-17(8-10)12-4-3-5-13(7-12)18(14,15)16/h10-13H,3-9H2,1-2H3,(H,14,15,16). The fraction of sp³-hybridized carbons (Fsp3) is 1.00. The number of hydrogen-bond donors (Lipinski definition) is 1. The van der Waals surface area contributed by atoms with E-state index in [4.69, 9.17) is 0 Å². The van der Waals surface area contributed by atoms with Crippen LogP contribution in [0.3, 0.4) is 0 Å². The van der Waals surface area contributed by atoms with Crippen LogP contribution in [-0.4, -0.2) is 36.2 Å². The van der Waals surface area contributed by atoms with Gasteiger partial charge in [0, 0.05) is 0 Å². The topological polar surface area (TPSA) is 54.4 Å². The maximum atomic E-state index is 11.3. The minimum Gasteiger partial charge on any atom is -0.285 e. The van der Waals surface area contributed by atoms with Crippen molar-refractivity contribution in [1.29, 1.82) is 0 Å². The van der Waals surface area contributed by atoms with E-state index in [0.717, 1.165) is 18.3 Å². The molecule has 4 unspecified atom stereocenters. The lowest BCUT2D eigenvalue weighted by Crippen LogP contribution is -2.32. The van der Waals surface area contributed by atoms with Gasteiger partial charge >= 0.3 is 0 Å². The molecule has 0 spiro atoms. The molecule has 0 aromatic carbocycles. The summed E-state index contributed by atoms with van der Waals surface area (Å²) in [5, 5.41) is -0.480. The summed E-state index contributed by atoms with van der Waals surface area (Å²) < 4.78 is 31.9. The summed E-state index contributed by atoms with van der Waals surface area (Å²) in [5.41, 5.74) is 0.575. The lowest BCUT2D eigenvalue weighted by molar-refractivity contribution is 0.420. The van der Waals surface area contributed by atoms with Crippen molar-refractivity contribution >= 4 is 18.0 Å². The fourth-order valence-electron chi connectivity index (χ4n) is 3.73. The molecule has 2 aliphatic rings. The lowest BCUT2D eigenvalue weighted by Gasteiger charge is -2.40. The smallest absolute Gasteiger partial charge is 0.267 e. The summed E-state index contributed by atoms with van der Waals surface area (Å²) in [6.45, 7) is 4.65. The molecule has 0 amide bonds. The Morgan fingerprint density at radius 2 is 1.67 bits per heavy atom. The van der Waals surface area contributed by atoms with Crippen LogP contribution >= 0.6 is 7.92 Å². The molecular formula is C13H25O3PS. The molecule has 3 nitrogen and oxygen atoms in total. The summed E-state index contributed by atoms with van der Waals surface area (Å²) in [7, 11) is -3.83. The van der Waals surface area contributed by atoms with Crippen molar-refractivity contribution in [2.45, 2.75) is 56.9 Å². The van der Waals surface area contributed by atoms with Crippen LogP contribution in [0.4, 0.5) is 0 Å². The SMILES string of the molecule is CC1CC(C)CP(C2CCCC(S(=O)(=O)O)C2)C1. The van der Waals surface area contributed by atoms with Crippen molar-refractivity contribution in [2.24, 2.45) is 11.8 Å². The Morgan fingerprint density at radius 3 is 2.22 bits per heavy atom. The molecular weight excluding hydrogens is 267 g/mol. The van der Waals surface area contributed by atoms with Gasteiger partial charge in [0.05, 0.1) is 5.25 Å². The van der Waals surface area contributed by atoms with Gasteiger partial charge in [-0.15, -0.1) is 7.92 Å². The van der Waals surface area contributed by atoms with Gasteiger partial charge in [0.2, 0.25) is 0 Å². The Labute approximate surface area is 112 Å². The molecule has 106 valence electrons. The second-order valence-corrected chi connectivity index (χ2v) is 10.7. The Hall–Kier alpha value is 0.340. The van der Waals surface area contributed by atoms with E-state index in [0.29, 0.717) is 18.5 Å². The van der Waals surface area contributed by atoms with Crippen LogP contribution in [0.25, 0.3) is 0 Å². The molecule has 1 aliphatic heterocycles. The van der Waals surface area contributed by atoms with E-state index in [1.165, 1.54) is 25.2 Å². The normalized spacial score (nSPS) is 42.7. The zero-order valence-corrected chi connectivity index (χ0v) is 13.1. The van der Waals surface area contributed by atoms with Crippen LogP contribution in [-0.2, 0) is 10.1 Å².